The Labute approximate surface area is 128 Å². The molecule has 0 atom stereocenters. The van der Waals surface area contributed by atoms with Crippen molar-refractivity contribution in [1.29, 1.82) is 0 Å². The summed E-state index contributed by atoms with van der Waals surface area (Å²) >= 11 is 0. The van der Waals surface area contributed by atoms with Gasteiger partial charge in [0.05, 0.1) is 13.2 Å². The van der Waals surface area contributed by atoms with Gasteiger partial charge in [-0.05, 0) is 61.8 Å². The van der Waals surface area contributed by atoms with Crippen LogP contribution in [-0.2, 0) is 11.3 Å². The largest absolute Gasteiger partial charge is 0.375 e. The molecule has 0 heterocycles. The van der Waals surface area contributed by atoms with E-state index >= 15 is 0 Å². The fourth-order valence-electron chi connectivity index (χ4n) is 5.48. The summed E-state index contributed by atoms with van der Waals surface area (Å²) in [6, 6.07) is 10.5. The molecule has 2 heteroatoms. The van der Waals surface area contributed by atoms with Crippen LogP contribution in [0.1, 0.15) is 44.1 Å². The normalized spacial score (nSPS) is 37.0. The van der Waals surface area contributed by atoms with Crippen LogP contribution in [0.3, 0.4) is 0 Å². The summed E-state index contributed by atoms with van der Waals surface area (Å²) < 4.78 is 5.82. The molecule has 2 nitrogen and oxygen atoms in total. The molecule has 0 amide bonds. The van der Waals surface area contributed by atoms with E-state index in [1.165, 1.54) is 44.1 Å². The predicted octanol–water partition coefficient (Wildman–Crippen LogP) is 3.76. The van der Waals surface area contributed by atoms with Crippen molar-refractivity contribution in [3.8, 4) is 0 Å². The van der Waals surface area contributed by atoms with Gasteiger partial charge in [0, 0.05) is 12.1 Å². The highest BCUT2D eigenvalue weighted by Crippen LogP contribution is 2.55. The number of benzene rings is 1. The average Bonchev–Trinajstić information content (AvgIpc) is 2.46. The van der Waals surface area contributed by atoms with Gasteiger partial charge >= 0.3 is 0 Å². The lowest BCUT2D eigenvalue weighted by atomic mass is 9.53. The molecule has 1 aromatic rings. The van der Waals surface area contributed by atoms with Crippen molar-refractivity contribution in [2.75, 3.05) is 13.2 Å². The molecule has 0 aromatic heterocycles. The van der Waals surface area contributed by atoms with E-state index in [0.717, 1.165) is 37.5 Å². The molecular formula is C19H27NO. The second kappa shape index (κ2) is 5.73. The smallest absolute Gasteiger partial charge is 0.0717 e. The van der Waals surface area contributed by atoms with E-state index in [0.29, 0.717) is 5.54 Å². The van der Waals surface area contributed by atoms with E-state index in [-0.39, 0.29) is 0 Å². The highest BCUT2D eigenvalue weighted by Gasteiger charge is 2.50. The second-order valence-corrected chi connectivity index (χ2v) is 7.66. The lowest BCUT2D eigenvalue weighted by molar-refractivity contribution is -0.0233. The lowest BCUT2D eigenvalue weighted by Crippen LogP contribution is -2.58. The van der Waals surface area contributed by atoms with Crippen molar-refractivity contribution in [3.63, 3.8) is 0 Å². The molecule has 0 saturated heterocycles. The van der Waals surface area contributed by atoms with E-state index < -0.39 is 0 Å². The third-order valence-electron chi connectivity index (χ3n) is 5.90. The zero-order valence-corrected chi connectivity index (χ0v) is 12.9. The topological polar surface area (TPSA) is 21.3 Å². The fraction of sp³-hybridized carbons (Fsp3) is 0.684. The summed E-state index contributed by atoms with van der Waals surface area (Å²) in [6.45, 7) is 2.58. The van der Waals surface area contributed by atoms with Gasteiger partial charge in [0.15, 0.2) is 0 Å². The molecule has 114 valence electrons. The minimum absolute atomic E-state index is 0.477. The molecule has 4 bridgehead atoms. The standard InChI is InChI=1S/C19H27NO/c1-2-4-15(5-3-1)14-21-7-6-20-19-11-16-8-17(12-19)10-18(9-16)13-19/h1-5,16-18,20H,6-14H2. The molecule has 4 fully saturated rings. The Bertz CT molecular complexity index is 434. The SMILES string of the molecule is c1ccc(COCCNC23CC4CC(CC(C4)C2)C3)cc1. The van der Waals surface area contributed by atoms with E-state index in [1.807, 2.05) is 0 Å². The molecule has 1 aromatic carbocycles. The third kappa shape index (κ3) is 3.02. The summed E-state index contributed by atoms with van der Waals surface area (Å²) in [5, 5.41) is 3.89. The molecule has 4 aliphatic rings. The number of rotatable bonds is 6. The van der Waals surface area contributed by atoms with E-state index in [4.69, 9.17) is 4.74 Å². The molecule has 21 heavy (non-hydrogen) atoms. The van der Waals surface area contributed by atoms with Crippen LogP contribution < -0.4 is 5.32 Å². The Morgan fingerprint density at radius 1 is 0.952 bits per heavy atom. The second-order valence-electron chi connectivity index (χ2n) is 7.66. The maximum atomic E-state index is 5.82. The van der Waals surface area contributed by atoms with Crippen LogP contribution in [0.2, 0.25) is 0 Å². The summed E-state index contributed by atoms with van der Waals surface area (Å²) in [5.74, 6) is 3.07. The van der Waals surface area contributed by atoms with Crippen molar-refractivity contribution in [1.82, 2.24) is 5.32 Å². The number of hydrogen-bond acceptors (Lipinski definition) is 2. The molecule has 4 aliphatic carbocycles. The summed E-state index contributed by atoms with van der Waals surface area (Å²) in [7, 11) is 0. The first-order chi connectivity index (χ1) is 10.3. The van der Waals surface area contributed by atoms with Crippen molar-refractivity contribution in [2.45, 2.75) is 50.7 Å². The predicted molar refractivity (Wildman–Crippen MR) is 85.0 cm³/mol. The number of hydrogen-bond donors (Lipinski definition) is 1. The Morgan fingerprint density at radius 2 is 1.57 bits per heavy atom. The maximum Gasteiger partial charge on any atom is 0.0717 e. The van der Waals surface area contributed by atoms with Gasteiger partial charge in [-0.1, -0.05) is 30.3 Å². The first-order valence-corrected chi connectivity index (χ1v) is 8.68. The van der Waals surface area contributed by atoms with Crippen LogP contribution in [0, 0.1) is 17.8 Å². The van der Waals surface area contributed by atoms with Crippen LogP contribution >= 0.6 is 0 Å². The van der Waals surface area contributed by atoms with Crippen molar-refractivity contribution < 1.29 is 4.74 Å². The van der Waals surface area contributed by atoms with Gasteiger partial charge in [0.2, 0.25) is 0 Å². The Kier molecular flexibility index (Phi) is 3.76. The molecular weight excluding hydrogens is 258 g/mol. The highest BCUT2D eigenvalue weighted by molar-refractivity contribution is 5.13. The van der Waals surface area contributed by atoms with Crippen LogP contribution in [0.25, 0.3) is 0 Å². The minimum atomic E-state index is 0.477. The van der Waals surface area contributed by atoms with Gasteiger partial charge in [0.25, 0.3) is 0 Å². The Hall–Kier alpha value is -0.860. The highest BCUT2D eigenvalue weighted by atomic mass is 16.5. The van der Waals surface area contributed by atoms with Crippen molar-refractivity contribution in [3.05, 3.63) is 35.9 Å². The molecule has 1 N–H and O–H groups in total. The summed E-state index contributed by atoms with van der Waals surface area (Å²) in [4.78, 5) is 0. The van der Waals surface area contributed by atoms with Gasteiger partial charge in [0.1, 0.15) is 0 Å². The van der Waals surface area contributed by atoms with Gasteiger partial charge in [-0.3, -0.25) is 0 Å². The number of nitrogens with one attached hydrogen (secondary N) is 1. The van der Waals surface area contributed by atoms with E-state index in [1.54, 1.807) is 0 Å². The number of ether oxygens (including phenoxy) is 1. The molecule has 0 aliphatic heterocycles. The Balaban J connectivity index is 1.22. The summed E-state index contributed by atoms with van der Waals surface area (Å²) in [6.07, 6.45) is 8.84. The molecule has 0 radical (unpaired) electrons. The van der Waals surface area contributed by atoms with Gasteiger partial charge in [-0.15, -0.1) is 0 Å². The van der Waals surface area contributed by atoms with E-state index in [9.17, 15) is 0 Å². The van der Waals surface area contributed by atoms with E-state index in [2.05, 4.69) is 35.6 Å². The van der Waals surface area contributed by atoms with Crippen LogP contribution in [-0.4, -0.2) is 18.7 Å². The summed E-state index contributed by atoms with van der Waals surface area (Å²) in [5.41, 5.74) is 1.75. The fourth-order valence-corrected chi connectivity index (χ4v) is 5.48. The first kappa shape index (κ1) is 13.8. The van der Waals surface area contributed by atoms with Crippen molar-refractivity contribution in [2.24, 2.45) is 17.8 Å². The van der Waals surface area contributed by atoms with Crippen LogP contribution in [0.4, 0.5) is 0 Å². The minimum Gasteiger partial charge on any atom is -0.375 e. The molecule has 0 spiro atoms. The maximum absolute atomic E-state index is 5.82. The molecule has 0 unspecified atom stereocenters. The van der Waals surface area contributed by atoms with Crippen molar-refractivity contribution >= 4 is 0 Å². The van der Waals surface area contributed by atoms with Gasteiger partial charge in [-0.25, -0.2) is 0 Å². The van der Waals surface area contributed by atoms with Crippen LogP contribution in [0.15, 0.2) is 30.3 Å². The zero-order chi connectivity index (χ0) is 14.1. The lowest BCUT2D eigenvalue weighted by Gasteiger charge is -2.57. The molecule has 5 rings (SSSR count). The van der Waals surface area contributed by atoms with Gasteiger partial charge in [-0.2, -0.15) is 0 Å². The van der Waals surface area contributed by atoms with Crippen LogP contribution in [0.5, 0.6) is 0 Å². The zero-order valence-electron chi connectivity index (χ0n) is 12.9. The first-order valence-electron chi connectivity index (χ1n) is 8.68. The third-order valence-corrected chi connectivity index (χ3v) is 5.90. The monoisotopic (exact) mass is 285 g/mol. The quantitative estimate of drug-likeness (QED) is 0.804. The average molecular weight is 285 g/mol. The van der Waals surface area contributed by atoms with Gasteiger partial charge < -0.3 is 10.1 Å². The molecule has 4 saturated carbocycles. The Morgan fingerprint density at radius 3 is 2.19 bits per heavy atom.